The lowest BCUT2D eigenvalue weighted by Gasteiger charge is -2.31. The monoisotopic (exact) mass is 513 g/mol. The lowest BCUT2D eigenvalue weighted by Crippen LogP contribution is -2.32. The zero-order valence-electron chi connectivity index (χ0n) is 21.4. The molecule has 4 atom stereocenters. The van der Waals surface area contributed by atoms with Gasteiger partial charge in [0.15, 0.2) is 5.78 Å². The largest absolute Gasteiger partial charge is 0.507 e. The summed E-state index contributed by atoms with van der Waals surface area (Å²) in [6, 6.07) is 10.4. The number of rotatable bonds is 13. The minimum atomic E-state index is -0.789. The van der Waals surface area contributed by atoms with Gasteiger partial charge >= 0.3 is 0 Å². The molecule has 0 saturated heterocycles. The van der Waals surface area contributed by atoms with Gasteiger partial charge in [0.25, 0.3) is 0 Å². The predicted octanol–water partition coefficient (Wildman–Crippen LogP) is 4.12. The maximum absolute atomic E-state index is 13.2. The van der Waals surface area contributed by atoms with E-state index in [1.54, 1.807) is 13.0 Å². The Morgan fingerprint density at radius 3 is 2.41 bits per heavy atom. The summed E-state index contributed by atoms with van der Waals surface area (Å²) >= 11 is 0. The van der Waals surface area contributed by atoms with Gasteiger partial charge in [0.1, 0.15) is 24.0 Å². The Morgan fingerprint density at radius 2 is 1.81 bits per heavy atom. The van der Waals surface area contributed by atoms with Gasteiger partial charge in [-0.25, -0.2) is 4.39 Å². The minimum Gasteiger partial charge on any atom is -0.507 e. The third-order valence-electron chi connectivity index (χ3n) is 7.12. The number of phenols is 1. The summed E-state index contributed by atoms with van der Waals surface area (Å²) in [6.07, 6.45) is 1.07. The number of Topliss-reactive ketones (excluding diaryl/α,β-unsaturated/α-hetero) is 3. The summed E-state index contributed by atoms with van der Waals surface area (Å²) in [7, 11) is 0. The van der Waals surface area contributed by atoms with Crippen molar-refractivity contribution in [3.05, 3.63) is 47.5 Å². The molecular weight excluding hydrogens is 477 g/mol. The highest BCUT2D eigenvalue weighted by Gasteiger charge is 2.35. The molecule has 37 heavy (non-hydrogen) atoms. The van der Waals surface area contributed by atoms with Gasteiger partial charge in [-0.1, -0.05) is 18.2 Å². The van der Waals surface area contributed by atoms with Gasteiger partial charge in [-0.15, -0.1) is 0 Å². The maximum Gasteiger partial charge on any atom is 0.167 e. The van der Waals surface area contributed by atoms with Crippen molar-refractivity contribution in [3.8, 4) is 16.9 Å². The number of aromatic hydroxyl groups is 1. The van der Waals surface area contributed by atoms with Crippen LogP contribution in [0.1, 0.15) is 55.5 Å². The highest BCUT2D eigenvalue weighted by Crippen LogP contribution is 2.41. The van der Waals surface area contributed by atoms with Crippen LogP contribution in [0.3, 0.4) is 0 Å². The number of halogens is 1. The van der Waals surface area contributed by atoms with Crippen LogP contribution in [0.4, 0.5) is 10.1 Å². The van der Waals surface area contributed by atoms with Gasteiger partial charge in [-0.2, -0.15) is 0 Å². The quantitative estimate of drug-likeness (QED) is 0.297. The topological polar surface area (TPSA) is 124 Å². The van der Waals surface area contributed by atoms with Crippen LogP contribution < -0.4 is 5.32 Å². The number of hydrogen-bond donors (Lipinski definition) is 4. The number of carbonyl (C=O) groups excluding carboxylic acids is 3. The number of benzene rings is 2. The van der Waals surface area contributed by atoms with E-state index in [4.69, 9.17) is 0 Å². The number of carbonyl (C=O) groups is 3. The van der Waals surface area contributed by atoms with Crippen LogP contribution >= 0.6 is 0 Å². The Balaban J connectivity index is 1.89. The Labute approximate surface area is 216 Å². The first-order chi connectivity index (χ1) is 17.7. The van der Waals surface area contributed by atoms with Crippen LogP contribution in [0.15, 0.2) is 36.4 Å². The maximum atomic E-state index is 13.2. The van der Waals surface area contributed by atoms with E-state index >= 15 is 0 Å². The van der Waals surface area contributed by atoms with E-state index in [-0.39, 0.29) is 66.8 Å². The molecule has 2 aromatic rings. The highest BCUT2D eigenvalue weighted by atomic mass is 19.1. The fourth-order valence-corrected chi connectivity index (χ4v) is 5.36. The molecule has 0 saturated carbocycles. The fourth-order valence-electron chi connectivity index (χ4n) is 5.36. The SMILES string of the molecule is CC(=O)CC(=O)C(CO)C(CCO)CC1CC(=O)c2c(O)ccc(-c3ccc(NC(C)CF)cc3)c2C1. The number of anilines is 1. The molecule has 1 aliphatic rings. The summed E-state index contributed by atoms with van der Waals surface area (Å²) < 4.78 is 12.8. The predicted molar refractivity (Wildman–Crippen MR) is 139 cm³/mol. The Morgan fingerprint density at radius 1 is 1.11 bits per heavy atom. The lowest BCUT2D eigenvalue weighted by molar-refractivity contribution is -0.131. The minimum absolute atomic E-state index is 0.0750. The zero-order chi connectivity index (χ0) is 27.1. The van der Waals surface area contributed by atoms with Gasteiger partial charge in [-0.05, 0) is 79.8 Å². The number of alkyl halides is 1. The number of phenolic OH excluding ortho intramolecular Hbond substituents is 1. The van der Waals surface area contributed by atoms with Crippen molar-refractivity contribution in [1.29, 1.82) is 0 Å². The number of aliphatic hydroxyl groups excluding tert-OH is 2. The molecule has 0 fully saturated rings. The number of hydrogen-bond acceptors (Lipinski definition) is 7. The summed E-state index contributed by atoms with van der Waals surface area (Å²) in [5, 5.41) is 33.1. The number of ketones is 3. The number of nitrogens with one attached hydrogen (secondary N) is 1. The van der Waals surface area contributed by atoms with E-state index in [0.29, 0.717) is 18.4 Å². The van der Waals surface area contributed by atoms with Crippen LogP contribution in [0.25, 0.3) is 11.1 Å². The van der Waals surface area contributed by atoms with Gasteiger partial charge < -0.3 is 20.6 Å². The molecule has 0 radical (unpaired) electrons. The standard InChI is InChI=1S/C29H36FNO6/c1-17(15-30)31-22-5-3-20(4-6-22)23-7-8-26(35)29-24(23)13-19(14-28(29)37)12-21(9-10-32)25(16-33)27(36)11-18(2)34/h3-8,17,19,21,25,31-33,35H,9-16H2,1-2H3. The van der Waals surface area contributed by atoms with Crippen molar-refractivity contribution in [1.82, 2.24) is 0 Å². The van der Waals surface area contributed by atoms with E-state index in [0.717, 1.165) is 22.4 Å². The molecule has 0 heterocycles. The molecule has 200 valence electrons. The Hall–Kier alpha value is -3.10. The molecule has 3 rings (SSSR count). The van der Waals surface area contributed by atoms with Crippen LogP contribution in [0.2, 0.25) is 0 Å². The zero-order valence-corrected chi connectivity index (χ0v) is 21.4. The number of fused-ring (bicyclic) bond motifs is 1. The molecule has 2 aromatic carbocycles. The average Bonchev–Trinajstić information content (AvgIpc) is 2.84. The Bertz CT molecular complexity index is 1120. The second-order valence-electron chi connectivity index (χ2n) is 10.1. The molecule has 1 aliphatic carbocycles. The van der Waals surface area contributed by atoms with Crippen molar-refractivity contribution < 1.29 is 34.1 Å². The van der Waals surface area contributed by atoms with Crippen LogP contribution in [0, 0.1) is 17.8 Å². The molecule has 0 aliphatic heterocycles. The molecule has 0 aromatic heterocycles. The van der Waals surface area contributed by atoms with E-state index < -0.39 is 19.2 Å². The molecule has 4 unspecified atom stereocenters. The van der Waals surface area contributed by atoms with E-state index in [1.165, 1.54) is 13.0 Å². The summed E-state index contributed by atoms with van der Waals surface area (Å²) in [5.74, 6) is -2.25. The molecule has 0 amide bonds. The lowest BCUT2D eigenvalue weighted by atomic mass is 9.72. The van der Waals surface area contributed by atoms with Crippen molar-refractivity contribution >= 4 is 23.0 Å². The molecule has 7 nitrogen and oxygen atoms in total. The first-order valence-corrected chi connectivity index (χ1v) is 12.7. The molecule has 0 spiro atoms. The van der Waals surface area contributed by atoms with Crippen LogP contribution in [0.5, 0.6) is 5.75 Å². The summed E-state index contributed by atoms with van der Waals surface area (Å²) in [5.41, 5.74) is 3.44. The van der Waals surface area contributed by atoms with Gasteiger partial charge in [0, 0.05) is 24.6 Å². The van der Waals surface area contributed by atoms with Crippen LogP contribution in [-0.2, 0) is 16.0 Å². The van der Waals surface area contributed by atoms with Crippen LogP contribution in [-0.4, -0.2) is 58.6 Å². The third kappa shape index (κ3) is 7.02. The van der Waals surface area contributed by atoms with Crippen molar-refractivity contribution in [2.24, 2.45) is 17.8 Å². The van der Waals surface area contributed by atoms with Gasteiger partial charge in [-0.3, -0.25) is 14.4 Å². The van der Waals surface area contributed by atoms with Gasteiger partial charge in [0.05, 0.1) is 24.6 Å². The van der Waals surface area contributed by atoms with E-state index in [2.05, 4.69) is 5.32 Å². The molecular formula is C29H36FNO6. The summed E-state index contributed by atoms with van der Waals surface area (Å²) in [6.45, 7) is 1.96. The fraction of sp³-hybridized carbons (Fsp3) is 0.483. The third-order valence-corrected chi connectivity index (χ3v) is 7.12. The van der Waals surface area contributed by atoms with E-state index in [1.807, 2.05) is 24.3 Å². The van der Waals surface area contributed by atoms with Crippen molar-refractivity contribution in [2.75, 3.05) is 25.2 Å². The van der Waals surface area contributed by atoms with Crippen molar-refractivity contribution in [2.45, 2.75) is 52.0 Å². The van der Waals surface area contributed by atoms with E-state index in [9.17, 15) is 34.1 Å². The molecule has 4 N–H and O–H groups in total. The molecule has 0 bridgehead atoms. The average molecular weight is 514 g/mol. The second-order valence-corrected chi connectivity index (χ2v) is 10.1. The summed E-state index contributed by atoms with van der Waals surface area (Å²) in [4.78, 5) is 37.2. The highest BCUT2D eigenvalue weighted by molar-refractivity contribution is 6.03. The normalized spacial score (nSPS) is 17.5. The second kappa shape index (κ2) is 12.9. The Kier molecular flexibility index (Phi) is 9.94. The van der Waals surface area contributed by atoms with Gasteiger partial charge in [0.2, 0.25) is 0 Å². The van der Waals surface area contributed by atoms with Crippen molar-refractivity contribution in [3.63, 3.8) is 0 Å². The molecule has 8 heteroatoms. The first-order valence-electron chi connectivity index (χ1n) is 12.7. The smallest absolute Gasteiger partial charge is 0.167 e. The first kappa shape index (κ1) is 28.5. The number of aliphatic hydroxyl groups is 2.